The van der Waals surface area contributed by atoms with Crippen molar-refractivity contribution < 1.29 is 9.59 Å². The number of pyridine rings is 2. The predicted octanol–water partition coefficient (Wildman–Crippen LogP) is 1.80. The SMILES string of the molecule is C/C=c1/c(N)nc(-c2cnccc2C)c/c1=C/C(=C/CC)NC=O.CC1CNC(=O)C1. The number of carbonyl (C=O) groups is 2. The summed E-state index contributed by atoms with van der Waals surface area (Å²) in [6, 6.07) is 3.90. The average Bonchev–Trinajstić information content (AvgIpc) is 3.11. The molecule has 1 atom stereocenters. The average molecular weight is 422 g/mol. The number of aryl methyl sites for hydroxylation is 1. The molecule has 0 saturated carbocycles. The van der Waals surface area contributed by atoms with Gasteiger partial charge in [-0.05, 0) is 55.2 Å². The molecule has 1 aliphatic rings. The quantitative estimate of drug-likeness (QED) is 0.638. The lowest BCUT2D eigenvalue weighted by atomic mass is 10.1. The van der Waals surface area contributed by atoms with E-state index in [1.807, 2.05) is 51.1 Å². The summed E-state index contributed by atoms with van der Waals surface area (Å²) in [7, 11) is 0. The summed E-state index contributed by atoms with van der Waals surface area (Å²) in [5.74, 6) is 1.21. The van der Waals surface area contributed by atoms with Crippen molar-refractivity contribution in [2.75, 3.05) is 12.3 Å². The summed E-state index contributed by atoms with van der Waals surface area (Å²) in [5, 5.41) is 7.18. The molecule has 0 aromatic carbocycles. The zero-order valence-electron chi connectivity index (χ0n) is 18.6. The predicted molar refractivity (Wildman–Crippen MR) is 125 cm³/mol. The minimum atomic E-state index is 0.201. The lowest BCUT2D eigenvalue weighted by Gasteiger charge is -2.07. The number of nitrogens with one attached hydrogen (secondary N) is 2. The highest BCUT2D eigenvalue weighted by Crippen LogP contribution is 2.18. The molecule has 1 unspecified atom stereocenters. The fourth-order valence-corrected chi connectivity index (χ4v) is 3.26. The van der Waals surface area contributed by atoms with Gasteiger partial charge in [-0.25, -0.2) is 4.98 Å². The van der Waals surface area contributed by atoms with Crippen LogP contribution in [0, 0.1) is 12.8 Å². The van der Waals surface area contributed by atoms with Gasteiger partial charge in [-0.15, -0.1) is 0 Å². The Morgan fingerprint density at radius 1 is 1.42 bits per heavy atom. The lowest BCUT2D eigenvalue weighted by Crippen LogP contribution is -2.30. The van der Waals surface area contributed by atoms with Gasteiger partial charge in [0, 0.05) is 41.8 Å². The van der Waals surface area contributed by atoms with Crippen molar-refractivity contribution in [2.45, 2.75) is 40.5 Å². The summed E-state index contributed by atoms with van der Waals surface area (Å²) in [5.41, 5.74) is 9.66. The second-order valence-electron chi connectivity index (χ2n) is 7.46. The summed E-state index contributed by atoms with van der Waals surface area (Å²) in [4.78, 5) is 29.8. The molecule has 2 aromatic rings. The monoisotopic (exact) mass is 421 g/mol. The van der Waals surface area contributed by atoms with Gasteiger partial charge in [-0.3, -0.25) is 14.6 Å². The van der Waals surface area contributed by atoms with Crippen LogP contribution in [0.5, 0.6) is 0 Å². The van der Waals surface area contributed by atoms with E-state index in [9.17, 15) is 9.59 Å². The van der Waals surface area contributed by atoms with Gasteiger partial charge in [0.25, 0.3) is 0 Å². The van der Waals surface area contributed by atoms with E-state index >= 15 is 0 Å². The largest absolute Gasteiger partial charge is 0.383 e. The Bertz CT molecular complexity index is 1080. The molecule has 7 heteroatoms. The summed E-state index contributed by atoms with van der Waals surface area (Å²) in [6.07, 6.45) is 11.5. The Hall–Kier alpha value is -3.48. The Balaban J connectivity index is 0.000000412. The number of hydrogen-bond donors (Lipinski definition) is 3. The van der Waals surface area contributed by atoms with Crippen LogP contribution in [0.3, 0.4) is 0 Å². The van der Waals surface area contributed by atoms with E-state index in [0.29, 0.717) is 18.1 Å². The third kappa shape index (κ3) is 6.77. The maximum Gasteiger partial charge on any atom is 0.220 e. The molecule has 0 spiro atoms. The van der Waals surface area contributed by atoms with Crippen LogP contribution in [-0.4, -0.2) is 28.8 Å². The summed E-state index contributed by atoms with van der Waals surface area (Å²) >= 11 is 0. The number of hydrogen-bond acceptors (Lipinski definition) is 5. The van der Waals surface area contributed by atoms with E-state index < -0.39 is 0 Å². The fraction of sp³-hybridized carbons (Fsp3) is 0.333. The van der Waals surface area contributed by atoms with Gasteiger partial charge in [0.1, 0.15) is 5.82 Å². The molecule has 1 aliphatic heterocycles. The number of nitrogens with two attached hydrogens (primary N) is 1. The first kappa shape index (κ1) is 23.8. The van der Waals surface area contributed by atoms with E-state index in [-0.39, 0.29) is 5.91 Å². The number of carbonyl (C=O) groups excluding carboxylic acids is 2. The number of rotatable bonds is 5. The number of amides is 2. The highest BCUT2D eigenvalue weighted by molar-refractivity contribution is 5.78. The number of nitrogens with zero attached hydrogens (tertiary/aromatic N) is 2. The molecular formula is C24H31N5O2. The van der Waals surface area contributed by atoms with Crippen molar-refractivity contribution in [3.63, 3.8) is 0 Å². The van der Waals surface area contributed by atoms with Crippen LogP contribution in [0.15, 0.2) is 36.3 Å². The molecular weight excluding hydrogens is 390 g/mol. The third-order valence-corrected chi connectivity index (χ3v) is 4.87. The van der Waals surface area contributed by atoms with Gasteiger partial charge in [0.15, 0.2) is 0 Å². The van der Waals surface area contributed by atoms with Crippen molar-refractivity contribution in [3.8, 4) is 11.3 Å². The highest BCUT2D eigenvalue weighted by atomic mass is 16.1. The van der Waals surface area contributed by atoms with E-state index in [1.165, 1.54) is 0 Å². The van der Waals surface area contributed by atoms with Crippen LogP contribution in [0.25, 0.3) is 23.4 Å². The maximum atomic E-state index is 10.8. The first-order chi connectivity index (χ1) is 14.9. The molecule has 0 aliphatic carbocycles. The van der Waals surface area contributed by atoms with E-state index in [0.717, 1.165) is 52.3 Å². The van der Waals surface area contributed by atoms with Gasteiger partial charge in [-0.2, -0.15) is 0 Å². The van der Waals surface area contributed by atoms with Crippen LogP contribution in [0.1, 0.15) is 39.2 Å². The lowest BCUT2D eigenvalue weighted by molar-refractivity contribution is -0.119. The first-order valence-electron chi connectivity index (χ1n) is 10.4. The zero-order chi connectivity index (χ0) is 22.8. The highest BCUT2D eigenvalue weighted by Gasteiger charge is 2.15. The normalized spacial score (nSPS) is 17.1. The van der Waals surface area contributed by atoms with Gasteiger partial charge < -0.3 is 16.4 Å². The first-order valence-corrected chi connectivity index (χ1v) is 10.4. The Labute approximate surface area is 183 Å². The summed E-state index contributed by atoms with van der Waals surface area (Å²) in [6.45, 7) is 8.87. The Morgan fingerprint density at radius 2 is 2.19 bits per heavy atom. The van der Waals surface area contributed by atoms with Crippen LogP contribution in [0.2, 0.25) is 0 Å². The molecule has 2 amide bonds. The van der Waals surface area contributed by atoms with Crippen LogP contribution in [0.4, 0.5) is 5.82 Å². The Morgan fingerprint density at radius 3 is 2.71 bits per heavy atom. The number of nitrogen functional groups attached to an aromatic ring is 1. The van der Waals surface area contributed by atoms with Crippen molar-refractivity contribution in [1.29, 1.82) is 0 Å². The van der Waals surface area contributed by atoms with Gasteiger partial charge in [0.2, 0.25) is 12.3 Å². The minimum Gasteiger partial charge on any atom is -0.383 e. The summed E-state index contributed by atoms with van der Waals surface area (Å²) < 4.78 is 0. The molecule has 3 heterocycles. The topological polar surface area (TPSA) is 110 Å². The fourth-order valence-electron chi connectivity index (χ4n) is 3.26. The van der Waals surface area contributed by atoms with E-state index in [1.54, 1.807) is 12.4 Å². The van der Waals surface area contributed by atoms with Crippen molar-refractivity contribution >= 4 is 30.3 Å². The number of aromatic nitrogens is 2. The molecule has 2 aromatic heterocycles. The Kier molecular flexibility index (Phi) is 8.94. The standard InChI is InChI=1S/C19H22N4O.C5H9NO/c1-4-6-15(22-12-24)9-14-10-18(23-19(20)16(14)5-2)17-11-21-8-7-13(17)3;1-4-2-5(7)6-3-4/h5-12H,4H2,1-3H3,(H2,20,23)(H,22,24);4H,2-3H2,1H3,(H,6,7)/b14-9-,15-6-,16-5+;. The maximum absolute atomic E-state index is 10.8. The van der Waals surface area contributed by atoms with Crippen LogP contribution >= 0.6 is 0 Å². The van der Waals surface area contributed by atoms with Crippen molar-refractivity contribution in [2.24, 2.45) is 5.92 Å². The third-order valence-electron chi connectivity index (χ3n) is 4.87. The number of allylic oxidation sites excluding steroid dienone is 2. The molecule has 164 valence electrons. The smallest absolute Gasteiger partial charge is 0.220 e. The molecule has 31 heavy (non-hydrogen) atoms. The molecule has 0 bridgehead atoms. The van der Waals surface area contributed by atoms with Crippen LogP contribution in [-0.2, 0) is 9.59 Å². The molecule has 7 nitrogen and oxygen atoms in total. The van der Waals surface area contributed by atoms with Gasteiger partial charge in [-0.1, -0.05) is 26.0 Å². The molecule has 4 N–H and O–H groups in total. The molecule has 0 radical (unpaired) electrons. The molecule has 3 rings (SSSR count). The van der Waals surface area contributed by atoms with E-state index in [2.05, 4.69) is 27.5 Å². The zero-order valence-corrected chi connectivity index (χ0v) is 18.6. The molecule has 1 fully saturated rings. The second-order valence-corrected chi connectivity index (χ2v) is 7.46. The second kappa shape index (κ2) is 11.6. The number of anilines is 1. The van der Waals surface area contributed by atoms with Gasteiger partial charge in [0.05, 0.1) is 5.69 Å². The minimum absolute atomic E-state index is 0.201. The van der Waals surface area contributed by atoms with E-state index in [4.69, 9.17) is 5.73 Å². The van der Waals surface area contributed by atoms with Crippen molar-refractivity contribution in [1.82, 2.24) is 20.6 Å². The van der Waals surface area contributed by atoms with Gasteiger partial charge >= 0.3 is 0 Å². The van der Waals surface area contributed by atoms with Crippen LogP contribution < -0.4 is 26.8 Å². The molecule has 1 saturated heterocycles. The van der Waals surface area contributed by atoms with Crippen molar-refractivity contribution in [3.05, 3.63) is 52.3 Å².